The Morgan fingerprint density at radius 1 is 0.955 bits per heavy atom. The molecular formula is C18H32NO3. The molecular weight excluding hydrogens is 278 g/mol. The van der Waals surface area contributed by atoms with Crippen LogP contribution in [0.4, 0.5) is 0 Å². The van der Waals surface area contributed by atoms with Gasteiger partial charge in [0.1, 0.15) is 0 Å². The lowest BCUT2D eigenvalue weighted by Gasteiger charge is -2.01. The first kappa shape index (κ1) is 20.8. The topological polar surface area (TPSA) is 60.2 Å². The van der Waals surface area contributed by atoms with Gasteiger partial charge in [-0.25, -0.2) is 0 Å². The van der Waals surface area contributed by atoms with Gasteiger partial charge < -0.3 is 0 Å². The predicted molar refractivity (Wildman–Crippen MR) is 91.1 cm³/mol. The summed E-state index contributed by atoms with van der Waals surface area (Å²) in [6, 6.07) is 0. The lowest BCUT2D eigenvalue weighted by Crippen LogP contribution is -1.99. The lowest BCUT2D eigenvalue weighted by molar-refractivity contribution is -0.428. The average molecular weight is 310 g/mol. The smallest absolute Gasteiger partial charge is 0.242 e. The highest BCUT2D eigenvalue weighted by Crippen LogP contribution is 2.15. The normalized spacial score (nSPS) is 11.6. The van der Waals surface area contributed by atoms with Crippen LogP contribution in [-0.4, -0.2) is 11.2 Å². The Bertz CT molecular complexity index is 313. The maximum absolute atomic E-state index is 11.0. The van der Waals surface area contributed by atoms with Gasteiger partial charge in [0.15, 0.2) is 6.29 Å². The number of nitro groups is 1. The van der Waals surface area contributed by atoms with Crippen LogP contribution in [-0.2, 0) is 4.79 Å². The average Bonchev–Trinajstić information content (AvgIpc) is 2.50. The molecule has 0 aliphatic rings. The van der Waals surface area contributed by atoms with E-state index in [0.717, 1.165) is 57.8 Å². The highest BCUT2D eigenvalue weighted by Gasteiger charge is 2.09. The molecule has 4 heteroatoms. The van der Waals surface area contributed by atoms with E-state index in [2.05, 4.69) is 6.92 Å². The van der Waals surface area contributed by atoms with Crippen LogP contribution in [0.25, 0.3) is 0 Å². The zero-order valence-corrected chi connectivity index (χ0v) is 14.1. The van der Waals surface area contributed by atoms with Gasteiger partial charge >= 0.3 is 0 Å². The minimum absolute atomic E-state index is 0.213. The van der Waals surface area contributed by atoms with Crippen molar-refractivity contribution in [3.05, 3.63) is 21.9 Å². The molecule has 0 N–H and O–H groups in total. The molecule has 0 aromatic rings. The van der Waals surface area contributed by atoms with E-state index in [1.807, 2.05) is 12.4 Å². The third kappa shape index (κ3) is 13.8. The third-order valence-corrected chi connectivity index (χ3v) is 3.88. The van der Waals surface area contributed by atoms with E-state index >= 15 is 0 Å². The van der Waals surface area contributed by atoms with Crippen molar-refractivity contribution in [2.24, 2.45) is 0 Å². The number of hydrogen-bond donors (Lipinski definition) is 0. The van der Waals surface area contributed by atoms with Gasteiger partial charge in [0.25, 0.3) is 0 Å². The number of unbranched alkanes of at least 4 members (excludes halogenated alkanes) is 11. The van der Waals surface area contributed by atoms with Gasteiger partial charge in [-0.2, -0.15) is 0 Å². The van der Waals surface area contributed by atoms with Crippen molar-refractivity contribution in [3.8, 4) is 0 Å². The van der Waals surface area contributed by atoms with Crippen LogP contribution in [0, 0.1) is 10.1 Å². The zero-order valence-electron chi connectivity index (χ0n) is 14.1. The molecule has 0 rings (SSSR count). The predicted octanol–water partition coefficient (Wildman–Crippen LogP) is 5.74. The highest BCUT2D eigenvalue weighted by molar-refractivity contribution is 5.50. The van der Waals surface area contributed by atoms with Crippen LogP contribution >= 0.6 is 0 Å². The molecule has 1 radical (unpaired) electrons. The fraction of sp³-hybridized carbons (Fsp3) is 0.833. The SMILES string of the molecule is CCCCCC/C=C(/CCCCCCCCC[C]=O)[N+](=O)[O-]. The third-order valence-electron chi connectivity index (χ3n) is 3.88. The number of allylic oxidation sites excluding steroid dienone is 2. The minimum Gasteiger partial charge on any atom is -0.291 e. The molecule has 0 fully saturated rings. The molecule has 0 heterocycles. The summed E-state index contributed by atoms with van der Waals surface area (Å²) in [6.07, 6.45) is 17.8. The first-order valence-corrected chi connectivity index (χ1v) is 8.90. The van der Waals surface area contributed by atoms with Crippen molar-refractivity contribution < 1.29 is 9.72 Å². The van der Waals surface area contributed by atoms with E-state index in [-0.39, 0.29) is 4.92 Å². The maximum atomic E-state index is 11.0. The summed E-state index contributed by atoms with van der Waals surface area (Å²) < 4.78 is 0. The Hall–Kier alpha value is -1.19. The van der Waals surface area contributed by atoms with Crippen LogP contribution in [0.3, 0.4) is 0 Å². The van der Waals surface area contributed by atoms with Crippen molar-refractivity contribution in [3.63, 3.8) is 0 Å². The Morgan fingerprint density at radius 3 is 2.14 bits per heavy atom. The zero-order chi connectivity index (χ0) is 16.5. The van der Waals surface area contributed by atoms with Crippen LogP contribution in [0.5, 0.6) is 0 Å². The van der Waals surface area contributed by atoms with Crippen LogP contribution < -0.4 is 0 Å². The molecule has 0 atom stereocenters. The summed E-state index contributed by atoms with van der Waals surface area (Å²) in [4.78, 5) is 20.8. The second-order valence-electron chi connectivity index (χ2n) is 5.92. The molecule has 0 aromatic carbocycles. The van der Waals surface area contributed by atoms with Gasteiger partial charge in [-0.15, -0.1) is 0 Å². The maximum Gasteiger partial charge on any atom is 0.242 e. The molecule has 0 unspecified atom stereocenters. The standard InChI is InChI=1S/C18H32NO3/c1-2-3-4-9-12-15-18(19(21)22)16-13-10-7-5-6-8-11-14-17-20/h15H,2-14,16H2,1H3/b18-15-. The van der Waals surface area contributed by atoms with Gasteiger partial charge in [0.05, 0.1) is 4.92 Å². The minimum atomic E-state index is -0.213. The number of nitrogens with zero attached hydrogens (tertiary/aromatic N) is 1. The van der Waals surface area contributed by atoms with Crippen LogP contribution in [0.2, 0.25) is 0 Å². The number of rotatable bonds is 16. The Balaban J connectivity index is 3.62. The van der Waals surface area contributed by atoms with Gasteiger partial charge in [-0.3, -0.25) is 14.9 Å². The fourth-order valence-corrected chi connectivity index (χ4v) is 2.49. The summed E-state index contributed by atoms with van der Waals surface area (Å²) in [6.45, 7) is 2.17. The molecule has 0 bridgehead atoms. The Labute approximate surface area is 135 Å². The van der Waals surface area contributed by atoms with Crippen molar-refractivity contribution >= 4 is 6.29 Å². The van der Waals surface area contributed by atoms with Crippen LogP contribution in [0.1, 0.15) is 96.8 Å². The molecule has 0 spiro atoms. The number of carbonyl (C=O) groups excluding carboxylic acids is 1. The Morgan fingerprint density at radius 2 is 1.55 bits per heavy atom. The molecule has 127 valence electrons. The molecule has 0 amide bonds. The Kier molecular flexibility index (Phi) is 15.3. The molecule has 22 heavy (non-hydrogen) atoms. The van der Waals surface area contributed by atoms with E-state index in [4.69, 9.17) is 0 Å². The van der Waals surface area contributed by atoms with Crippen molar-refractivity contribution in [1.82, 2.24) is 0 Å². The first-order valence-electron chi connectivity index (χ1n) is 8.90. The summed E-state index contributed by atoms with van der Waals surface area (Å²) in [5.74, 6) is 0. The summed E-state index contributed by atoms with van der Waals surface area (Å²) in [5.41, 5.74) is 0.401. The van der Waals surface area contributed by atoms with Crippen molar-refractivity contribution in [1.29, 1.82) is 0 Å². The van der Waals surface area contributed by atoms with Crippen molar-refractivity contribution in [2.45, 2.75) is 96.8 Å². The van der Waals surface area contributed by atoms with E-state index in [1.54, 1.807) is 0 Å². The summed E-state index contributed by atoms with van der Waals surface area (Å²) in [5, 5.41) is 11.0. The van der Waals surface area contributed by atoms with Gasteiger partial charge in [0, 0.05) is 12.8 Å². The van der Waals surface area contributed by atoms with Gasteiger partial charge in [0.2, 0.25) is 5.70 Å². The highest BCUT2D eigenvalue weighted by atomic mass is 16.6. The molecule has 0 aliphatic carbocycles. The monoisotopic (exact) mass is 310 g/mol. The van der Waals surface area contributed by atoms with Gasteiger partial charge in [-0.1, -0.05) is 58.3 Å². The molecule has 0 saturated carbocycles. The van der Waals surface area contributed by atoms with E-state index in [1.165, 1.54) is 19.3 Å². The van der Waals surface area contributed by atoms with E-state index < -0.39 is 0 Å². The second kappa shape index (κ2) is 16.2. The van der Waals surface area contributed by atoms with E-state index in [9.17, 15) is 14.9 Å². The van der Waals surface area contributed by atoms with E-state index in [0.29, 0.717) is 18.5 Å². The first-order chi connectivity index (χ1) is 10.7. The quantitative estimate of drug-likeness (QED) is 0.207. The molecule has 0 aromatic heterocycles. The summed E-state index contributed by atoms with van der Waals surface area (Å²) in [7, 11) is 0. The van der Waals surface area contributed by atoms with Gasteiger partial charge in [-0.05, 0) is 31.8 Å². The van der Waals surface area contributed by atoms with Crippen molar-refractivity contribution in [2.75, 3.05) is 0 Å². The molecule has 0 aliphatic heterocycles. The number of hydrogen-bond acceptors (Lipinski definition) is 3. The molecule has 0 saturated heterocycles. The summed E-state index contributed by atoms with van der Waals surface area (Å²) >= 11 is 0. The fourth-order valence-electron chi connectivity index (χ4n) is 2.49. The van der Waals surface area contributed by atoms with Crippen LogP contribution in [0.15, 0.2) is 11.8 Å². The lowest BCUT2D eigenvalue weighted by atomic mass is 10.1. The largest absolute Gasteiger partial charge is 0.291 e. The second-order valence-corrected chi connectivity index (χ2v) is 5.92. The molecule has 4 nitrogen and oxygen atoms in total.